The SMILES string of the molecule is CC(C)n1c(CON)cc2cc(C(F)(F)F)ccc21. The van der Waals surface area contributed by atoms with Crippen LogP contribution in [0.4, 0.5) is 13.2 Å². The minimum Gasteiger partial charge on any atom is -0.340 e. The Hall–Kier alpha value is -1.53. The minimum atomic E-state index is -4.33. The van der Waals surface area contributed by atoms with Gasteiger partial charge in [0.25, 0.3) is 0 Å². The lowest BCUT2D eigenvalue weighted by molar-refractivity contribution is -0.137. The molecule has 0 saturated carbocycles. The third-order valence-corrected chi connectivity index (χ3v) is 2.99. The van der Waals surface area contributed by atoms with Crippen LogP contribution in [0, 0.1) is 0 Å². The molecule has 2 N–H and O–H groups in total. The summed E-state index contributed by atoms with van der Waals surface area (Å²) >= 11 is 0. The van der Waals surface area contributed by atoms with Gasteiger partial charge >= 0.3 is 6.18 Å². The summed E-state index contributed by atoms with van der Waals surface area (Å²) in [6, 6.07) is 5.51. The lowest BCUT2D eigenvalue weighted by Gasteiger charge is -2.14. The average molecular weight is 272 g/mol. The van der Waals surface area contributed by atoms with Gasteiger partial charge in [-0.3, -0.25) is 4.84 Å². The number of nitrogens with zero attached hydrogens (tertiary/aromatic N) is 1. The topological polar surface area (TPSA) is 40.2 Å². The van der Waals surface area contributed by atoms with Gasteiger partial charge in [0.2, 0.25) is 0 Å². The quantitative estimate of drug-likeness (QED) is 0.867. The van der Waals surface area contributed by atoms with E-state index in [0.717, 1.165) is 23.3 Å². The third kappa shape index (κ3) is 2.59. The predicted octanol–water partition coefficient (Wildman–Crippen LogP) is 3.63. The number of nitrogens with two attached hydrogens (primary N) is 1. The molecule has 0 amide bonds. The van der Waals surface area contributed by atoms with Crippen molar-refractivity contribution < 1.29 is 18.0 Å². The Balaban J connectivity index is 2.62. The molecule has 1 aromatic heterocycles. The fourth-order valence-electron chi connectivity index (χ4n) is 2.28. The van der Waals surface area contributed by atoms with Crippen LogP contribution in [0.5, 0.6) is 0 Å². The Bertz CT molecular complexity index is 587. The van der Waals surface area contributed by atoms with Crippen molar-refractivity contribution in [3.63, 3.8) is 0 Å². The van der Waals surface area contributed by atoms with Crippen LogP contribution in [0.25, 0.3) is 10.9 Å². The molecular weight excluding hydrogens is 257 g/mol. The smallest absolute Gasteiger partial charge is 0.340 e. The summed E-state index contributed by atoms with van der Waals surface area (Å²) < 4.78 is 40.0. The van der Waals surface area contributed by atoms with Gasteiger partial charge in [-0.15, -0.1) is 0 Å². The fourth-order valence-corrected chi connectivity index (χ4v) is 2.28. The average Bonchev–Trinajstić information content (AvgIpc) is 2.65. The Kier molecular flexibility index (Phi) is 3.56. The largest absolute Gasteiger partial charge is 0.416 e. The van der Waals surface area contributed by atoms with Gasteiger partial charge in [0, 0.05) is 22.6 Å². The molecule has 0 saturated heterocycles. The summed E-state index contributed by atoms with van der Waals surface area (Å²) in [7, 11) is 0. The molecule has 104 valence electrons. The van der Waals surface area contributed by atoms with E-state index in [1.54, 1.807) is 6.07 Å². The number of aromatic nitrogens is 1. The summed E-state index contributed by atoms with van der Waals surface area (Å²) in [5.41, 5.74) is 0.850. The molecule has 0 aliphatic heterocycles. The first-order chi connectivity index (χ1) is 8.84. The lowest BCUT2D eigenvalue weighted by atomic mass is 10.1. The van der Waals surface area contributed by atoms with Crippen LogP contribution in [0.3, 0.4) is 0 Å². The van der Waals surface area contributed by atoms with E-state index in [1.807, 2.05) is 18.4 Å². The Morgan fingerprint density at radius 1 is 1.26 bits per heavy atom. The van der Waals surface area contributed by atoms with Crippen LogP contribution in [-0.4, -0.2) is 4.57 Å². The van der Waals surface area contributed by atoms with E-state index in [4.69, 9.17) is 5.90 Å². The van der Waals surface area contributed by atoms with Gasteiger partial charge in [-0.05, 0) is 38.1 Å². The zero-order chi connectivity index (χ0) is 14.2. The van der Waals surface area contributed by atoms with Crippen LogP contribution in [0.15, 0.2) is 24.3 Å². The van der Waals surface area contributed by atoms with Crippen molar-refractivity contribution in [3.05, 3.63) is 35.5 Å². The molecule has 19 heavy (non-hydrogen) atoms. The second kappa shape index (κ2) is 4.86. The molecule has 3 nitrogen and oxygen atoms in total. The molecule has 1 heterocycles. The van der Waals surface area contributed by atoms with E-state index in [2.05, 4.69) is 4.84 Å². The zero-order valence-electron chi connectivity index (χ0n) is 10.7. The second-order valence-corrected chi connectivity index (χ2v) is 4.68. The van der Waals surface area contributed by atoms with E-state index < -0.39 is 11.7 Å². The zero-order valence-corrected chi connectivity index (χ0v) is 10.7. The van der Waals surface area contributed by atoms with E-state index in [-0.39, 0.29) is 12.6 Å². The summed E-state index contributed by atoms with van der Waals surface area (Å²) in [6.07, 6.45) is -4.33. The van der Waals surface area contributed by atoms with Crippen molar-refractivity contribution in [2.24, 2.45) is 5.90 Å². The maximum Gasteiger partial charge on any atom is 0.416 e. The monoisotopic (exact) mass is 272 g/mol. The van der Waals surface area contributed by atoms with Crippen molar-refractivity contribution in [2.45, 2.75) is 32.7 Å². The van der Waals surface area contributed by atoms with E-state index in [9.17, 15) is 13.2 Å². The molecule has 0 bridgehead atoms. The van der Waals surface area contributed by atoms with Crippen LogP contribution in [-0.2, 0) is 17.6 Å². The van der Waals surface area contributed by atoms with Gasteiger partial charge in [0.15, 0.2) is 0 Å². The molecule has 0 spiro atoms. The van der Waals surface area contributed by atoms with E-state index >= 15 is 0 Å². The summed E-state index contributed by atoms with van der Waals surface area (Å²) in [5.74, 6) is 5.06. The molecule has 0 fully saturated rings. The molecule has 0 aliphatic carbocycles. The maximum atomic E-state index is 12.7. The summed E-state index contributed by atoms with van der Waals surface area (Å²) in [4.78, 5) is 4.60. The van der Waals surface area contributed by atoms with Crippen molar-refractivity contribution in [1.82, 2.24) is 4.57 Å². The number of benzene rings is 1. The van der Waals surface area contributed by atoms with Crippen molar-refractivity contribution in [1.29, 1.82) is 0 Å². The highest BCUT2D eigenvalue weighted by Gasteiger charge is 2.30. The molecule has 2 aromatic rings. The van der Waals surface area contributed by atoms with Crippen LogP contribution >= 0.6 is 0 Å². The van der Waals surface area contributed by atoms with Gasteiger partial charge in [-0.1, -0.05) is 0 Å². The first kappa shape index (κ1) is 13.9. The van der Waals surface area contributed by atoms with E-state index in [0.29, 0.717) is 5.39 Å². The molecule has 0 radical (unpaired) electrons. The predicted molar refractivity (Wildman–Crippen MR) is 66.3 cm³/mol. The highest BCUT2D eigenvalue weighted by Crippen LogP contribution is 2.33. The van der Waals surface area contributed by atoms with Crippen LogP contribution in [0.2, 0.25) is 0 Å². The molecule has 1 aromatic carbocycles. The van der Waals surface area contributed by atoms with Gasteiger partial charge < -0.3 is 4.57 Å². The number of hydrogen-bond donors (Lipinski definition) is 1. The van der Waals surface area contributed by atoms with Gasteiger partial charge in [0.05, 0.1) is 5.56 Å². The molecule has 2 rings (SSSR count). The number of alkyl halides is 3. The summed E-state index contributed by atoms with van der Waals surface area (Å²) in [6.45, 7) is 4.07. The van der Waals surface area contributed by atoms with Gasteiger partial charge in [-0.25, -0.2) is 5.90 Å². The minimum absolute atomic E-state index is 0.111. The number of hydrogen-bond acceptors (Lipinski definition) is 2. The number of rotatable bonds is 3. The second-order valence-electron chi connectivity index (χ2n) is 4.68. The van der Waals surface area contributed by atoms with Crippen molar-refractivity contribution in [2.75, 3.05) is 0 Å². The Morgan fingerprint density at radius 3 is 2.47 bits per heavy atom. The van der Waals surface area contributed by atoms with Crippen molar-refractivity contribution in [3.8, 4) is 0 Å². The highest BCUT2D eigenvalue weighted by atomic mass is 19.4. The normalized spacial score (nSPS) is 12.6. The Labute approximate surface area is 108 Å². The molecular formula is C13H15F3N2O. The standard InChI is InChI=1S/C13H15F3N2O/c1-8(2)18-11(7-19-17)6-9-5-10(13(14,15)16)3-4-12(9)18/h3-6,8H,7,17H2,1-2H3. The summed E-state index contributed by atoms with van der Waals surface area (Å²) in [5, 5.41) is 0.538. The molecule has 0 atom stereocenters. The van der Waals surface area contributed by atoms with Crippen molar-refractivity contribution >= 4 is 10.9 Å². The first-order valence-electron chi connectivity index (χ1n) is 5.87. The van der Waals surface area contributed by atoms with Crippen LogP contribution in [0.1, 0.15) is 31.1 Å². The molecule has 0 unspecified atom stereocenters. The fraction of sp³-hybridized carbons (Fsp3) is 0.385. The number of halogens is 3. The van der Waals surface area contributed by atoms with Crippen LogP contribution < -0.4 is 5.90 Å². The van der Waals surface area contributed by atoms with Gasteiger partial charge in [-0.2, -0.15) is 13.2 Å². The highest BCUT2D eigenvalue weighted by molar-refractivity contribution is 5.82. The third-order valence-electron chi connectivity index (χ3n) is 2.99. The first-order valence-corrected chi connectivity index (χ1v) is 5.87. The molecule has 0 aliphatic rings. The Morgan fingerprint density at radius 2 is 1.95 bits per heavy atom. The molecule has 6 heteroatoms. The van der Waals surface area contributed by atoms with Gasteiger partial charge in [0.1, 0.15) is 6.61 Å². The number of fused-ring (bicyclic) bond motifs is 1. The van der Waals surface area contributed by atoms with E-state index in [1.165, 1.54) is 6.07 Å². The maximum absolute atomic E-state index is 12.7. The lowest BCUT2D eigenvalue weighted by Crippen LogP contribution is -2.09.